The maximum Gasteiger partial charge on any atom is 0.0400 e. The molecule has 0 aliphatic rings. The van der Waals surface area contributed by atoms with Crippen molar-refractivity contribution in [3.8, 4) is 11.1 Å². The number of nitrogen functional groups attached to an aromatic ring is 1. The van der Waals surface area contributed by atoms with Crippen molar-refractivity contribution in [3.63, 3.8) is 0 Å². The molecule has 0 spiro atoms. The van der Waals surface area contributed by atoms with Crippen LogP contribution in [0.1, 0.15) is 11.1 Å². The van der Waals surface area contributed by atoms with Gasteiger partial charge in [0.1, 0.15) is 0 Å². The zero-order valence-corrected chi connectivity index (χ0v) is 16.5. The first-order chi connectivity index (χ1) is 14.2. The second kappa shape index (κ2) is 8.53. The van der Waals surface area contributed by atoms with Crippen LogP contribution in [-0.2, 0) is 6.54 Å². The highest BCUT2D eigenvalue weighted by Gasteiger charge is 2.01. The molecule has 144 valence electrons. The van der Waals surface area contributed by atoms with Crippen molar-refractivity contribution in [2.75, 3.05) is 16.4 Å². The number of anilines is 4. The van der Waals surface area contributed by atoms with Crippen LogP contribution in [0.2, 0.25) is 0 Å². The van der Waals surface area contributed by atoms with Crippen molar-refractivity contribution in [1.29, 1.82) is 0 Å². The average Bonchev–Trinajstić information content (AvgIpc) is 2.76. The van der Waals surface area contributed by atoms with Crippen molar-refractivity contribution in [2.24, 2.45) is 0 Å². The molecule has 3 heteroatoms. The Morgan fingerprint density at radius 1 is 0.586 bits per heavy atom. The molecule has 4 N–H and O–H groups in total. The summed E-state index contributed by atoms with van der Waals surface area (Å²) in [7, 11) is 0. The van der Waals surface area contributed by atoms with Crippen LogP contribution in [0.15, 0.2) is 97.1 Å². The molecule has 0 saturated carbocycles. The van der Waals surface area contributed by atoms with Gasteiger partial charge in [-0.3, -0.25) is 0 Å². The zero-order valence-electron chi connectivity index (χ0n) is 16.5. The van der Waals surface area contributed by atoms with E-state index in [-0.39, 0.29) is 0 Å². The summed E-state index contributed by atoms with van der Waals surface area (Å²) in [4.78, 5) is 0. The quantitative estimate of drug-likeness (QED) is 0.331. The molecule has 0 aliphatic carbocycles. The SMILES string of the molecule is Cc1ccc(NCc2ccc(-c3ccc(Nc4ccc(N)cc4)cc3)cc2)cc1. The van der Waals surface area contributed by atoms with Crippen molar-refractivity contribution < 1.29 is 0 Å². The summed E-state index contributed by atoms with van der Waals surface area (Å²) in [5.74, 6) is 0. The molecule has 0 aliphatic heterocycles. The van der Waals surface area contributed by atoms with E-state index in [4.69, 9.17) is 5.73 Å². The summed E-state index contributed by atoms with van der Waals surface area (Å²) >= 11 is 0. The minimum atomic E-state index is 0.767. The van der Waals surface area contributed by atoms with Crippen LogP contribution in [0.5, 0.6) is 0 Å². The highest BCUT2D eigenvalue weighted by molar-refractivity contribution is 5.69. The van der Waals surface area contributed by atoms with Crippen LogP contribution in [0.25, 0.3) is 11.1 Å². The van der Waals surface area contributed by atoms with Gasteiger partial charge < -0.3 is 16.4 Å². The number of rotatable bonds is 6. The van der Waals surface area contributed by atoms with E-state index in [0.29, 0.717) is 0 Å². The lowest BCUT2D eigenvalue weighted by Crippen LogP contribution is -1.99. The van der Waals surface area contributed by atoms with E-state index in [2.05, 4.69) is 90.4 Å². The number of nitrogens with two attached hydrogens (primary N) is 1. The van der Waals surface area contributed by atoms with Gasteiger partial charge in [-0.05, 0) is 72.1 Å². The molecule has 0 saturated heterocycles. The minimum absolute atomic E-state index is 0.767. The van der Waals surface area contributed by atoms with Crippen LogP contribution >= 0.6 is 0 Å². The van der Waals surface area contributed by atoms with Gasteiger partial charge in [-0.1, -0.05) is 54.1 Å². The van der Waals surface area contributed by atoms with E-state index in [1.807, 2.05) is 24.3 Å². The predicted molar refractivity (Wildman–Crippen MR) is 125 cm³/mol. The third kappa shape index (κ3) is 4.96. The molecular weight excluding hydrogens is 354 g/mol. The Kier molecular flexibility index (Phi) is 5.48. The molecule has 0 fully saturated rings. The topological polar surface area (TPSA) is 50.1 Å². The van der Waals surface area contributed by atoms with Gasteiger partial charge in [0, 0.05) is 29.3 Å². The van der Waals surface area contributed by atoms with Gasteiger partial charge in [-0.25, -0.2) is 0 Å². The molecule has 4 rings (SSSR count). The van der Waals surface area contributed by atoms with Gasteiger partial charge in [0.25, 0.3) is 0 Å². The second-order valence-electron chi connectivity index (χ2n) is 7.24. The monoisotopic (exact) mass is 379 g/mol. The summed E-state index contributed by atoms with van der Waals surface area (Å²) in [5, 5.41) is 6.86. The summed E-state index contributed by atoms with van der Waals surface area (Å²) in [6.45, 7) is 2.91. The van der Waals surface area contributed by atoms with Crippen LogP contribution < -0.4 is 16.4 Å². The minimum Gasteiger partial charge on any atom is -0.399 e. The van der Waals surface area contributed by atoms with Crippen LogP contribution in [0, 0.1) is 6.92 Å². The fourth-order valence-corrected chi connectivity index (χ4v) is 3.17. The lowest BCUT2D eigenvalue weighted by Gasteiger charge is -2.10. The molecular formula is C26H25N3. The van der Waals surface area contributed by atoms with Crippen LogP contribution in [0.3, 0.4) is 0 Å². The molecule has 0 unspecified atom stereocenters. The van der Waals surface area contributed by atoms with E-state index in [1.165, 1.54) is 22.3 Å². The standard InChI is InChI=1S/C26H25N3/c1-19-2-12-24(13-3-19)28-18-20-4-6-21(7-5-20)22-8-14-25(15-9-22)29-26-16-10-23(27)11-17-26/h2-17,28-29H,18,27H2,1H3. The molecule has 4 aromatic rings. The Morgan fingerprint density at radius 3 is 1.66 bits per heavy atom. The summed E-state index contributed by atoms with van der Waals surface area (Å²) in [6, 6.07) is 33.4. The molecule has 0 atom stereocenters. The number of hydrogen-bond donors (Lipinski definition) is 3. The van der Waals surface area contributed by atoms with Gasteiger partial charge in [0.05, 0.1) is 0 Å². The third-order valence-corrected chi connectivity index (χ3v) is 4.92. The Hall–Kier alpha value is -3.72. The second-order valence-corrected chi connectivity index (χ2v) is 7.24. The first-order valence-electron chi connectivity index (χ1n) is 9.78. The Labute approximate surface area is 172 Å². The fraction of sp³-hybridized carbons (Fsp3) is 0.0769. The molecule has 4 aromatic carbocycles. The lowest BCUT2D eigenvalue weighted by molar-refractivity contribution is 1.15. The molecule has 29 heavy (non-hydrogen) atoms. The number of benzene rings is 4. The van der Waals surface area contributed by atoms with E-state index in [9.17, 15) is 0 Å². The van der Waals surface area contributed by atoms with Crippen LogP contribution in [0.4, 0.5) is 22.7 Å². The van der Waals surface area contributed by atoms with Crippen LogP contribution in [-0.4, -0.2) is 0 Å². The van der Waals surface area contributed by atoms with Crippen molar-refractivity contribution >= 4 is 22.7 Å². The summed E-state index contributed by atoms with van der Waals surface area (Å²) in [6.07, 6.45) is 0. The van der Waals surface area contributed by atoms with E-state index >= 15 is 0 Å². The van der Waals surface area contributed by atoms with E-state index in [0.717, 1.165) is 29.3 Å². The molecule has 3 nitrogen and oxygen atoms in total. The van der Waals surface area contributed by atoms with Gasteiger partial charge in [0.15, 0.2) is 0 Å². The van der Waals surface area contributed by atoms with Gasteiger partial charge >= 0.3 is 0 Å². The summed E-state index contributed by atoms with van der Waals surface area (Å²) in [5.41, 5.74) is 14.7. The smallest absolute Gasteiger partial charge is 0.0400 e. The molecule has 0 aromatic heterocycles. The van der Waals surface area contributed by atoms with Crippen molar-refractivity contribution in [2.45, 2.75) is 13.5 Å². The first kappa shape index (κ1) is 18.6. The third-order valence-electron chi connectivity index (χ3n) is 4.92. The largest absolute Gasteiger partial charge is 0.399 e. The highest BCUT2D eigenvalue weighted by atomic mass is 14.9. The lowest BCUT2D eigenvalue weighted by atomic mass is 10.0. The predicted octanol–water partition coefficient (Wildman–Crippen LogP) is 6.60. The van der Waals surface area contributed by atoms with E-state index in [1.54, 1.807) is 0 Å². The maximum atomic E-state index is 5.74. The molecule has 0 heterocycles. The van der Waals surface area contributed by atoms with Gasteiger partial charge in [0.2, 0.25) is 0 Å². The highest BCUT2D eigenvalue weighted by Crippen LogP contribution is 2.24. The average molecular weight is 380 g/mol. The van der Waals surface area contributed by atoms with E-state index < -0.39 is 0 Å². The number of hydrogen-bond acceptors (Lipinski definition) is 3. The first-order valence-corrected chi connectivity index (χ1v) is 9.78. The van der Waals surface area contributed by atoms with Crippen molar-refractivity contribution in [1.82, 2.24) is 0 Å². The Bertz CT molecular complexity index is 1050. The van der Waals surface area contributed by atoms with Crippen molar-refractivity contribution in [3.05, 3.63) is 108 Å². The van der Waals surface area contributed by atoms with Gasteiger partial charge in [-0.2, -0.15) is 0 Å². The zero-order chi connectivity index (χ0) is 20.1. The maximum absolute atomic E-state index is 5.74. The molecule has 0 radical (unpaired) electrons. The molecule has 0 bridgehead atoms. The fourth-order valence-electron chi connectivity index (χ4n) is 3.17. The molecule has 0 amide bonds. The number of nitrogens with one attached hydrogen (secondary N) is 2. The summed E-state index contributed by atoms with van der Waals surface area (Å²) < 4.78 is 0. The number of aryl methyl sites for hydroxylation is 1. The van der Waals surface area contributed by atoms with Gasteiger partial charge in [-0.15, -0.1) is 0 Å². The Balaban J connectivity index is 1.38. The normalized spacial score (nSPS) is 10.5. The Morgan fingerprint density at radius 2 is 1.07 bits per heavy atom.